The van der Waals surface area contributed by atoms with Crippen LogP contribution in [-0.4, -0.2) is 24.5 Å². The van der Waals surface area contributed by atoms with Gasteiger partial charge in [-0.2, -0.15) is 0 Å². The quantitative estimate of drug-likeness (QED) is 0.605. The molecule has 0 radical (unpaired) electrons. The molecule has 1 heterocycles. The molecule has 1 aliphatic rings. The average Bonchev–Trinajstić information content (AvgIpc) is 3.48. The molecule has 0 bridgehead atoms. The maximum Gasteiger partial charge on any atom is 0.375 e. The summed E-state index contributed by atoms with van der Waals surface area (Å²) in [7, 11) is 0. The van der Waals surface area contributed by atoms with Crippen molar-refractivity contribution in [2.24, 2.45) is 0 Å². The van der Waals surface area contributed by atoms with Gasteiger partial charge in [-0.15, -0.1) is 0 Å². The first-order chi connectivity index (χ1) is 14.1. The summed E-state index contributed by atoms with van der Waals surface area (Å²) < 4.78 is 16.9. The van der Waals surface area contributed by atoms with Crippen LogP contribution in [0.1, 0.15) is 47.6 Å². The molecule has 1 fully saturated rings. The number of furan rings is 1. The number of fused-ring (bicyclic) bond motifs is 1. The third kappa shape index (κ3) is 4.11. The molecule has 0 saturated heterocycles. The molecule has 0 aliphatic heterocycles. The zero-order valence-electron chi connectivity index (χ0n) is 16.4. The Kier molecular flexibility index (Phi) is 5.25. The molecular formula is C23H23NO5. The van der Waals surface area contributed by atoms with Crippen molar-refractivity contribution in [3.63, 3.8) is 0 Å². The summed E-state index contributed by atoms with van der Waals surface area (Å²) in [6, 6.07) is 14.6. The van der Waals surface area contributed by atoms with Crippen LogP contribution in [0, 0.1) is 6.92 Å². The number of hydrogen-bond donors (Lipinski definition) is 1. The van der Waals surface area contributed by atoms with Gasteiger partial charge < -0.3 is 19.2 Å². The smallest absolute Gasteiger partial charge is 0.375 e. The maximum atomic E-state index is 12.9. The van der Waals surface area contributed by atoms with Crippen molar-refractivity contribution in [1.29, 1.82) is 0 Å². The minimum absolute atomic E-state index is 0.0915. The number of aryl methyl sites for hydroxylation is 1. The number of ether oxygens (including phenoxy) is 2. The first-order valence-electron chi connectivity index (χ1n) is 9.79. The van der Waals surface area contributed by atoms with Crippen molar-refractivity contribution in [2.45, 2.75) is 38.8 Å². The number of hydrogen-bond acceptors (Lipinski definition) is 5. The molecule has 6 heteroatoms. The van der Waals surface area contributed by atoms with E-state index < -0.39 is 12.1 Å². The summed E-state index contributed by atoms with van der Waals surface area (Å²) in [6.45, 7) is 4.25. The largest absolute Gasteiger partial charge is 0.494 e. The second kappa shape index (κ2) is 7.99. The van der Waals surface area contributed by atoms with E-state index in [2.05, 4.69) is 5.32 Å². The number of benzene rings is 2. The molecule has 1 saturated carbocycles. The number of carbonyl (C=O) groups excluding carboxylic acids is 2. The molecule has 29 heavy (non-hydrogen) atoms. The Hall–Kier alpha value is -3.28. The highest BCUT2D eigenvalue weighted by atomic mass is 16.6. The van der Waals surface area contributed by atoms with Crippen LogP contribution < -0.4 is 10.1 Å². The van der Waals surface area contributed by atoms with Gasteiger partial charge in [-0.05, 0) is 44.9 Å². The third-order valence-corrected chi connectivity index (χ3v) is 4.89. The molecular weight excluding hydrogens is 370 g/mol. The summed E-state index contributed by atoms with van der Waals surface area (Å²) in [5.41, 5.74) is 1.84. The van der Waals surface area contributed by atoms with E-state index in [9.17, 15) is 9.59 Å². The van der Waals surface area contributed by atoms with Crippen molar-refractivity contribution >= 4 is 22.8 Å². The molecule has 3 aromatic rings. The second-order valence-electron chi connectivity index (χ2n) is 7.13. The van der Waals surface area contributed by atoms with E-state index in [0.717, 1.165) is 18.2 Å². The van der Waals surface area contributed by atoms with E-state index in [4.69, 9.17) is 13.9 Å². The number of carbonyl (C=O) groups is 2. The fourth-order valence-corrected chi connectivity index (χ4v) is 3.22. The van der Waals surface area contributed by atoms with Crippen LogP contribution in [-0.2, 0) is 9.53 Å². The highest BCUT2D eigenvalue weighted by molar-refractivity contribution is 5.97. The van der Waals surface area contributed by atoms with Gasteiger partial charge in [0.2, 0.25) is 11.9 Å². The van der Waals surface area contributed by atoms with Gasteiger partial charge in [0.1, 0.15) is 11.3 Å². The van der Waals surface area contributed by atoms with Gasteiger partial charge in [0.05, 0.1) is 6.61 Å². The summed E-state index contributed by atoms with van der Waals surface area (Å²) in [6.07, 6.45) is 0.869. The van der Waals surface area contributed by atoms with Crippen molar-refractivity contribution < 1.29 is 23.5 Å². The highest BCUT2D eigenvalue weighted by Crippen LogP contribution is 2.31. The number of esters is 1. The Labute approximate surface area is 168 Å². The van der Waals surface area contributed by atoms with Gasteiger partial charge in [-0.3, -0.25) is 4.79 Å². The maximum absolute atomic E-state index is 12.9. The summed E-state index contributed by atoms with van der Waals surface area (Å²) >= 11 is 0. The second-order valence-corrected chi connectivity index (χ2v) is 7.13. The fourth-order valence-electron chi connectivity index (χ4n) is 3.22. The van der Waals surface area contributed by atoms with Gasteiger partial charge in [0.25, 0.3) is 5.91 Å². The topological polar surface area (TPSA) is 77.8 Å². The molecule has 2 aromatic carbocycles. The monoisotopic (exact) mass is 393 g/mol. The normalized spacial score (nSPS) is 14.4. The molecule has 0 spiro atoms. The molecule has 150 valence electrons. The van der Waals surface area contributed by atoms with Crippen LogP contribution >= 0.6 is 0 Å². The zero-order chi connectivity index (χ0) is 20.4. The minimum Gasteiger partial charge on any atom is -0.494 e. The van der Waals surface area contributed by atoms with E-state index in [1.165, 1.54) is 0 Å². The van der Waals surface area contributed by atoms with Gasteiger partial charge in [0, 0.05) is 22.6 Å². The highest BCUT2D eigenvalue weighted by Gasteiger charge is 2.32. The summed E-state index contributed by atoms with van der Waals surface area (Å²) in [5, 5.41) is 3.69. The third-order valence-electron chi connectivity index (χ3n) is 4.89. The predicted molar refractivity (Wildman–Crippen MR) is 108 cm³/mol. The lowest BCUT2D eigenvalue weighted by Crippen LogP contribution is -2.33. The number of rotatable bonds is 7. The van der Waals surface area contributed by atoms with Crippen molar-refractivity contribution in [2.75, 3.05) is 6.61 Å². The minimum atomic E-state index is -1.03. The van der Waals surface area contributed by atoms with E-state index in [-0.39, 0.29) is 17.7 Å². The van der Waals surface area contributed by atoms with Gasteiger partial charge >= 0.3 is 5.97 Å². The number of amides is 1. The van der Waals surface area contributed by atoms with E-state index in [0.29, 0.717) is 29.1 Å². The lowest BCUT2D eigenvalue weighted by Gasteiger charge is -2.17. The van der Waals surface area contributed by atoms with Gasteiger partial charge in [0.15, 0.2) is 0 Å². The Morgan fingerprint density at radius 2 is 1.93 bits per heavy atom. The Morgan fingerprint density at radius 1 is 1.17 bits per heavy atom. The van der Waals surface area contributed by atoms with Gasteiger partial charge in [-0.1, -0.05) is 30.3 Å². The molecule has 1 N–H and O–H groups in total. The summed E-state index contributed by atoms with van der Waals surface area (Å²) in [5.74, 6) is -0.195. The molecule has 1 atom stereocenters. The van der Waals surface area contributed by atoms with Crippen molar-refractivity contribution in [3.8, 4) is 5.75 Å². The average molecular weight is 393 g/mol. The lowest BCUT2D eigenvalue weighted by molar-refractivity contribution is -0.130. The van der Waals surface area contributed by atoms with Gasteiger partial charge in [-0.25, -0.2) is 4.79 Å². The van der Waals surface area contributed by atoms with Crippen LogP contribution in [0.2, 0.25) is 0 Å². The standard InChI is InChI=1S/C23H23NO5/c1-3-27-17-11-12-19-18(13-17)14(2)20(28-19)23(26)29-21(15-7-5-4-6-8-15)22(25)24-16-9-10-16/h4-8,11-13,16,21H,3,9-10H2,1-2H3,(H,24,25)/t21-/m1/s1. The van der Waals surface area contributed by atoms with Crippen LogP contribution in [0.5, 0.6) is 5.75 Å². The first kappa shape index (κ1) is 19.1. The Morgan fingerprint density at radius 3 is 2.62 bits per heavy atom. The van der Waals surface area contributed by atoms with E-state index in [1.54, 1.807) is 31.2 Å². The van der Waals surface area contributed by atoms with E-state index >= 15 is 0 Å². The first-order valence-corrected chi connectivity index (χ1v) is 9.79. The fraction of sp³-hybridized carbons (Fsp3) is 0.304. The van der Waals surface area contributed by atoms with E-state index in [1.807, 2.05) is 31.2 Å². The van der Waals surface area contributed by atoms with Crippen LogP contribution in [0.25, 0.3) is 11.0 Å². The molecule has 4 rings (SSSR count). The Balaban J connectivity index is 1.61. The summed E-state index contributed by atoms with van der Waals surface area (Å²) in [4.78, 5) is 25.6. The molecule has 0 unspecified atom stereocenters. The lowest BCUT2D eigenvalue weighted by atomic mass is 10.1. The number of nitrogens with one attached hydrogen (secondary N) is 1. The molecule has 6 nitrogen and oxygen atoms in total. The van der Waals surface area contributed by atoms with Crippen molar-refractivity contribution in [1.82, 2.24) is 5.32 Å². The van der Waals surface area contributed by atoms with Crippen LogP contribution in [0.3, 0.4) is 0 Å². The zero-order valence-corrected chi connectivity index (χ0v) is 16.4. The van der Waals surface area contributed by atoms with Crippen molar-refractivity contribution in [3.05, 3.63) is 65.4 Å². The Bertz CT molecular complexity index is 1040. The SMILES string of the molecule is CCOc1ccc2oc(C(=O)O[C@@H](C(=O)NC3CC3)c3ccccc3)c(C)c2c1. The van der Waals surface area contributed by atoms with Crippen LogP contribution in [0.15, 0.2) is 52.9 Å². The van der Waals surface area contributed by atoms with Crippen LogP contribution in [0.4, 0.5) is 0 Å². The predicted octanol–water partition coefficient (Wildman–Crippen LogP) is 4.32. The molecule has 1 amide bonds. The molecule has 1 aromatic heterocycles. The molecule has 1 aliphatic carbocycles.